The van der Waals surface area contributed by atoms with Crippen LogP contribution in [0.15, 0.2) is 67.3 Å². The van der Waals surface area contributed by atoms with E-state index < -0.39 is 0 Å². The average molecular weight is 439 g/mol. The molecule has 0 heterocycles. The van der Waals surface area contributed by atoms with Gasteiger partial charge in [-0.15, -0.1) is 6.58 Å². The minimum atomic E-state index is 0.752. The van der Waals surface area contributed by atoms with Gasteiger partial charge in [0.15, 0.2) is 0 Å². The number of hydrogen-bond acceptors (Lipinski definition) is 0. The second kappa shape index (κ2) is 10.5. The number of hydrogen-bond donors (Lipinski definition) is 0. The molecule has 33 heavy (non-hydrogen) atoms. The summed E-state index contributed by atoms with van der Waals surface area (Å²) in [6.45, 7) is 6.17. The zero-order chi connectivity index (χ0) is 22.6. The second-order valence-electron chi connectivity index (χ2n) is 11.2. The molecule has 0 amide bonds. The van der Waals surface area contributed by atoms with E-state index in [1.165, 1.54) is 81.8 Å². The van der Waals surface area contributed by atoms with Crippen LogP contribution in [0.5, 0.6) is 0 Å². The van der Waals surface area contributed by atoms with Crippen LogP contribution in [-0.2, 0) is 12.8 Å². The van der Waals surface area contributed by atoms with Crippen molar-refractivity contribution in [2.45, 2.75) is 83.5 Å². The molecule has 1 unspecified atom stereocenters. The van der Waals surface area contributed by atoms with Crippen molar-refractivity contribution in [2.24, 2.45) is 23.7 Å². The molecule has 0 bridgehead atoms. The molecule has 3 aliphatic carbocycles. The van der Waals surface area contributed by atoms with Gasteiger partial charge in [0, 0.05) is 0 Å². The summed E-state index contributed by atoms with van der Waals surface area (Å²) in [6, 6.07) is 16.9. The molecule has 2 aromatic rings. The van der Waals surface area contributed by atoms with E-state index in [2.05, 4.69) is 74.2 Å². The van der Waals surface area contributed by atoms with Gasteiger partial charge in [-0.3, -0.25) is 0 Å². The molecule has 0 aromatic heterocycles. The third kappa shape index (κ3) is 5.21. The minimum absolute atomic E-state index is 0.752. The molecule has 0 heteroatoms. The van der Waals surface area contributed by atoms with E-state index in [0.717, 1.165) is 29.6 Å². The number of benzene rings is 2. The summed E-state index contributed by atoms with van der Waals surface area (Å²) in [6.07, 6.45) is 21.7. The largest absolute Gasteiger partial charge is 0.103 e. The van der Waals surface area contributed by atoms with Gasteiger partial charge in [-0.2, -0.15) is 0 Å². The maximum absolute atomic E-state index is 4.02. The van der Waals surface area contributed by atoms with E-state index >= 15 is 0 Å². The molecule has 2 saturated carbocycles. The molecule has 0 N–H and O–H groups in total. The topological polar surface area (TPSA) is 0 Å². The minimum Gasteiger partial charge on any atom is -0.103 e. The molecule has 0 spiro atoms. The Labute approximate surface area is 202 Å². The highest BCUT2D eigenvalue weighted by molar-refractivity contribution is 5.65. The fraction of sp³-hybridized carbons (Fsp3) is 0.515. The summed E-state index contributed by atoms with van der Waals surface area (Å²) in [5, 5.41) is 0. The molecule has 0 nitrogen and oxygen atoms in total. The van der Waals surface area contributed by atoms with E-state index in [-0.39, 0.29) is 0 Å². The van der Waals surface area contributed by atoms with E-state index in [4.69, 9.17) is 0 Å². The maximum atomic E-state index is 4.02. The first-order valence-corrected chi connectivity index (χ1v) is 13.7. The number of rotatable bonds is 5. The molecule has 2 fully saturated rings. The zero-order valence-corrected chi connectivity index (χ0v) is 20.6. The smallest absolute Gasteiger partial charge is 0.0162 e. The van der Waals surface area contributed by atoms with Crippen LogP contribution in [0.25, 0.3) is 11.1 Å². The molecular weight excluding hydrogens is 396 g/mol. The summed E-state index contributed by atoms with van der Waals surface area (Å²) in [4.78, 5) is 0. The molecule has 3 aliphatic rings. The first kappa shape index (κ1) is 22.7. The van der Waals surface area contributed by atoms with Crippen LogP contribution in [0.1, 0.15) is 87.3 Å². The Morgan fingerprint density at radius 2 is 1.39 bits per heavy atom. The SMILES string of the molecule is C=CC1CCC(C2CCc3cc(-c4ccc(C5CCC(/C=C/C)CC5)cc4)ccc3C2)CC1. The van der Waals surface area contributed by atoms with Crippen LogP contribution in [-0.4, -0.2) is 0 Å². The summed E-state index contributed by atoms with van der Waals surface area (Å²) >= 11 is 0. The van der Waals surface area contributed by atoms with Gasteiger partial charge in [-0.05, 0) is 135 Å². The molecular formula is C33H42. The van der Waals surface area contributed by atoms with Gasteiger partial charge in [0.25, 0.3) is 0 Å². The van der Waals surface area contributed by atoms with Crippen LogP contribution in [0.2, 0.25) is 0 Å². The summed E-state index contributed by atoms with van der Waals surface area (Å²) in [5.41, 5.74) is 7.56. The molecule has 5 rings (SSSR count). The van der Waals surface area contributed by atoms with Gasteiger partial charge in [-0.1, -0.05) is 60.7 Å². The Morgan fingerprint density at radius 1 is 0.697 bits per heavy atom. The van der Waals surface area contributed by atoms with Crippen LogP contribution < -0.4 is 0 Å². The van der Waals surface area contributed by atoms with Gasteiger partial charge in [0.1, 0.15) is 0 Å². The Hall–Kier alpha value is -2.08. The maximum Gasteiger partial charge on any atom is -0.0162 e. The van der Waals surface area contributed by atoms with Crippen LogP contribution in [0.3, 0.4) is 0 Å². The molecule has 0 radical (unpaired) electrons. The predicted octanol–water partition coefficient (Wildman–Crippen LogP) is 9.30. The van der Waals surface area contributed by atoms with Crippen LogP contribution in [0.4, 0.5) is 0 Å². The molecule has 0 saturated heterocycles. The summed E-state index contributed by atoms with van der Waals surface area (Å²) in [5.74, 6) is 4.18. The number of fused-ring (bicyclic) bond motifs is 1. The lowest BCUT2D eigenvalue weighted by atomic mass is 9.69. The van der Waals surface area contributed by atoms with E-state index in [9.17, 15) is 0 Å². The first-order chi connectivity index (χ1) is 16.2. The lowest BCUT2D eigenvalue weighted by Crippen LogP contribution is -2.26. The lowest BCUT2D eigenvalue weighted by Gasteiger charge is -2.36. The van der Waals surface area contributed by atoms with Crippen molar-refractivity contribution in [2.75, 3.05) is 0 Å². The number of aryl methyl sites for hydroxylation is 1. The van der Waals surface area contributed by atoms with E-state index in [1.54, 1.807) is 16.7 Å². The Kier molecular flexibility index (Phi) is 7.19. The normalized spacial score (nSPS) is 30.2. The standard InChI is InChI=1S/C33H42/c1-3-5-25-8-12-26(13-9-25)27-14-16-29(17-15-27)31-19-21-32-22-30(18-20-33(32)23-31)28-10-6-24(4-2)7-11-28/h3-5,14-17,19,21,23-26,28,30H,2,6-13,18,20,22H2,1H3/b5-3+. The third-order valence-electron chi connectivity index (χ3n) is 9.24. The quantitative estimate of drug-likeness (QED) is 0.408. The third-order valence-corrected chi connectivity index (χ3v) is 9.24. The molecule has 174 valence electrons. The highest BCUT2D eigenvalue weighted by atomic mass is 14.3. The fourth-order valence-electron chi connectivity index (χ4n) is 7.08. The molecule has 2 aromatic carbocycles. The number of allylic oxidation sites excluding steroid dienone is 3. The summed E-state index contributed by atoms with van der Waals surface area (Å²) < 4.78 is 0. The van der Waals surface area contributed by atoms with Crippen molar-refractivity contribution in [3.63, 3.8) is 0 Å². The highest BCUT2D eigenvalue weighted by Crippen LogP contribution is 2.41. The van der Waals surface area contributed by atoms with Crippen molar-refractivity contribution in [3.8, 4) is 11.1 Å². The van der Waals surface area contributed by atoms with Crippen molar-refractivity contribution < 1.29 is 0 Å². The van der Waals surface area contributed by atoms with Crippen molar-refractivity contribution in [1.82, 2.24) is 0 Å². The van der Waals surface area contributed by atoms with Crippen LogP contribution in [0, 0.1) is 23.7 Å². The van der Waals surface area contributed by atoms with Gasteiger partial charge in [-0.25, -0.2) is 0 Å². The highest BCUT2D eigenvalue weighted by Gasteiger charge is 2.29. The van der Waals surface area contributed by atoms with Crippen molar-refractivity contribution >= 4 is 0 Å². The second-order valence-corrected chi connectivity index (χ2v) is 11.2. The van der Waals surface area contributed by atoms with Gasteiger partial charge < -0.3 is 0 Å². The Balaban J connectivity index is 1.22. The predicted molar refractivity (Wildman–Crippen MR) is 143 cm³/mol. The monoisotopic (exact) mass is 438 g/mol. The van der Waals surface area contributed by atoms with Gasteiger partial charge >= 0.3 is 0 Å². The fourth-order valence-corrected chi connectivity index (χ4v) is 7.08. The first-order valence-electron chi connectivity index (χ1n) is 13.7. The van der Waals surface area contributed by atoms with E-state index in [0.29, 0.717) is 0 Å². The van der Waals surface area contributed by atoms with Gasteiger partial charge in [0.2, 0.25) is 0 Å². The molecule has 1 atom stereocenters. The zero-order valence-electron chi connectivity index (χ0n) is 20.6. The van der Waals surface area contributed by atoms with Gasteiger partial charge in [0.05, 0.1) is 0 Å². The van der Waals surface area contributed by atoms with Crippen LogP contribution >= 0.6 is 0 Å². The van der Waals surface area contributed by atoms with Crippen molar-refractivity contribution in [1.29, 1.82) is 0 Å². The Bertz CT molecular complexity index is 946. The van der Waals surface area contributed by atoms with E-state index in [1.807, 2.05) is 0 Å². The molecule has 0 aliphatic heterocycles. The lowest BCUT2D eigenvalue weighted by molar-refractivity contribution is 0.206. The summed E-state index contributed by atoms with van der Waals surface area (Å²) in [7, 11) is 0. The Morgan fingerprint density at radius 3 is 2.09 bits per heavy atom. The average Bonchev–Trinajstić information content (AvgIpc) is 2.89. The van der Waals surface area contributed by atoms with Crippen molar-refractivity contribution in [3.05, 3.63) is 84.0 Å².